The Morgan fingerprint density at radius 2 is 1.35 bits per heavy atom. The van der Waals surface area contributed by atoms with Crippen molar-refractivity contribution >= 4 is 47.1 Å². The van der Waals surface area contributed by atoms with Crippen LogP contribution in [0.3, 0.4) is 0 Å². The average Bonchev–Trinajstić information content (AvgIpc) is 2.99. The number of likely N-dealkylation sites (tertiary alicyclic amines) is 1. The molecule has 4 heterocycles. The molecule has 0 bridgehead atoms. The first-order chi connectivity index (χ1) is 19.5. The van der Waals surface area contributed by atoms with Crippen molar-refractivity contribution in [3.8, 4) is 22.3 Å². The van der Waals surface area contributed by atoms with Crippen LogP contribution in [0.5, 0.6) is 0 Å². The Kier molecular flexibility index (Phi) is 7.28. The number of anilines is 4. The Hall–Kier alpha value is -4.14. The van der Waals surface area contributed by atoms with Gasteiger partial charge in [-0.2, -0.15) is 0 Å². The molecular formula is C32H33N7S. The zero-order valence-electron chi connectivity index (χ0n) is 22.4. The molecule has 0 radical (unpaired) electrons. The second-order valence-corrected chi connectivity index (χ2v) is 11.4. The molecule has 2 aliphatic heterocycles. The maximum Gasteiger partial charge on any atom is 0.148 e. The first-order valence-corrected chi connectivity index (χ1v) is 14.5. The normalized spacial score (nSPS) is 14.8. The van der Waals surface area contributed by atoms with Crippen LogP contribution in [0.4, 0.5) is 23.0 Å². The topological polar surface area (TPSA) is 108 Å². The Morgan fingerprint density at radius 1 is 0.775 bits per heavy atom. The smallest absolute Gasteiger partial charge is 0.148 e. The number of hydrogen-bond donors (Lipinski definition) is 3. The molecule has 202 valence electrons. The maximum absolute atomic E-state index is 7.71. The highest BCUT2D eigenvalue weighted by molar-refractivity contribution is 7.99. The summed E-state index contributed by atoms with van der Waals surface area (Å²) in [6.07, 6.45) is 10.8. The van der Waals surface area contributed by atoms with Crippen molar-refractivity contribution in [2.24, 2.45) is 0 Å². The molecule has 0 amide bonds. The number of nitrogens with two attached hydrogens (primary N) is 2. The Bertz CT molecular complexity index is 1490. The van der Waals surface area contributed by atoms with Crippen LogP contribution in [0.25, 0.3) is 28.3 Å². The Balaban J connectivity index is 1.39. The van der Waals surface area contributed by atoms with E-state index in [0.29, 0.717) is 16.9 Å². The van der Waals surface area contributed by atoms with Crippen LogP contribution in [0.15, 0.2) is 77.3 Å². The summed E-state index contributed by atoms with van der Waals surface area (Å²) in [6.45, 7) is 7.99. The Labute approximate surface area is 239 Å². The van der Waals surface area contributed by atoms with Crippen LogP contribution in [0, 0.1) is 5.41 Å². The summed E-state index contributed by atoms with van der Waals surface area (Å²) in [4.78, 5) is 16.9. The predicted octanol–water partition coefficient (Wildman–Crippen LogP) is 6.70. The molecule has 7 nitrogen and oxygen atoms in total. The van der Waals surface area contributed by atoms with Crippen molar-refractivity contribution in [2.75, 3.05) is 42.5 Å². The molecule has 0 spiro atoms. The third-order valence-corrected chi connectivity index (χ3v) is 8.74. The number of pyridine rings is 2. The molecule has 0 atom stereocenters. The molecule has 5 N–H and O–H groups in total. The van der Waals surface area contributed by atoms with E-state index >= 15 is 0 Å². The second-order valence-electron chi connectivity index (χ2n) is 10.3. The van der Waals surface area contributed by atoms with Gasteiger partial charge in [-0.25, -0.2) is 9.97 Å². The SMILES string of the molecule is C=Cc1cc(-c2cnc3c(c2)Sc2cc(-c4ccc(N)c(C=N)c4)cnc2N3CCN2CCCCC2)ccc1N. The molecule has 2 aliphatic rings. The number of nitrogens with zero attached hydrogens (tertiary/aromatic N) is 4. The largest absolute Gasteiger partial charge is 0.398 e. The molecule has 1 saturated heterocycles. The van der Waals surface area contributed by atoms with Crippen LogP contribution in [-0.2, 0) is 0 Å². The van der Waals surface area contributed by atoms with Gasteiger partial charge in [0.2, 0.25) is 0 Å². The lowest BCUT2D eigenvalue weighted by Gasteiger charge is -2.34. The summed E-state index contributed by atoms with van der Waals surface area (Å²) in [7, 11) is 0. The third kappa shape index (κ3) is 5.08. The van der Waals surface area contributed by atoms with E-state index in [2.05, 4.69) is 34.6 Å². The maximum atomic E-state index is 7.71. The minimum atomic E-state index is 0.595. The van der Waals surface area contributed by atoms with E-state index in [9.17, 15) is 0 Å². The van der Waals surface area contributed by atoms with Gasteiger partial charge in [-0.15, -0.1) is 0 Å². The van der Waals surface area contributed by atoms with Gasteiger partial charge in [0.05, 0.1) is 9.79 Å². The fourth-order valence-corrected chi connectivity index (χ4v) is 6.53. The fourth-order valence-electron chi connectivity index (χ4n) is 5.41. The Morgan fingerprint density at radius 3 is 1.93 bits per heavy atom. The average molecular weight is 548 g/mol. The highest BCUT2D eigenvalue weighted by atomic mass is 32.2. The number of nitrogen functional groups attached to an aromatic ring is 2. The number of aromatic nitrogens is 2. The van der Waals surface area contributed by atoms with E-state index in [0.717, 1.165) is 75.4 Å². The van der Waals surface area contributed by atoms with E-state index in [1.165, 1.54) is 25.5 Å². The van der Waals surface area contributed by atoms with Crippen LogP contribution in [0.1, 0.15) is 30.4 Å². The standard InChI is InChI=1S/C32H33N7S/c1-2-21-14-22(6-8-27(21)34)25-16-29-31(36-19-25)39(13-12-38-10-4-3-5-11-38)32-30(40-29)17-26(20-37-32)23-7-9-28(35)24(15-23)18-33/h2,6-9,14-20,33H,1,3-5,10-13,34-35H2. The van der Waals surface area contributed by atoms with Gasteiger partial charge < -0.3 is 26.7 Å². The highest BCUT2D eigenvalue weighted by Gasteiger charge is 2.28. The van der Waals surface area contributed by atoms with Crippen molar-refractivity contribution in [3.63, 3.8) is 0 Å². The molecule has 0 unspecified atom stereocenters. The van der Waals surface area contributed by atoms with E-state index in [4.69, 9.17) is 26.8 Å². The van der Waals surface area contributed by atoms with Crippen molar-refractivity contribution in [1.82, 2.24) is 14.9 Å². The molecular weight excluding hydrogens is 514 g/mol. The number of piperidine rings is 1. The molecule has 2 aromatic heterocycles. The zero-order valence-corrected chi connectivity index (χ0v) is 23.3. The lowest BCUT2D eigenvalue weighted by Crippen LogP contribution is -2.37. The number of hydrogen-bond acceptors (Lipinski definition) is 8. The molecule has 8 heteroatoms. The van der Waals surface area contributed by atoms with E-state index in [-0.39, 0.29) is 0 Å². The molecule has 0 saturated carbocycles. The van der Waals surface area contributed by atoms with E-state index in [1.807, 2.05) is 42.7 Å². The second kappa shape index (κ2) is 11.2. The summed E-state index contributed by atoms with van der Waals surface area (Å²) in [5.74, 6) is 1.87. The van der Waals surface area contributed by atoms with Crippen molar-refractivity contribution in [3.05, 3.63) is 78.6 Å². The fraction of sp³-hybridized carbons (Fsp3) is 0.219. The summed E-state index contributed by atoms with van der Waals surface area (Å²) in [5, 5.41) is 7.71. The monoisotopic (exact) mass is 547 g/mol. The number of benzene rings is 2. The van der Waals surface area contributed by atoms with Gasteiger partial charge in [-0.05, 0) is 79.0 Å². The van der Waals surface area contributed by atoms with Gasteiger partial charge in [-0.1, -0.05) is 43.0 Å². The zero-order chi connectivity index (χ0) is 27.6. The van der Waals surface area contributed by atoms with Gasteiger partial charge in [0.15, 0.2) is 0 Å². The van der Waals surface area contributed by atoms with E-state index < -0.39 is 0 Å². The lowest BCUT2D eigenvalue weighted by molar-refractivity contribution is 0.234. The van der Waals surface area contributed by atoms with Crippen molar-refractivity contribution in [2.45, 2.75) is 29.1 Å². The van der Waals surface area contributed by atoms with Crippen LogP contribution < -0.4 is 16.4 Å². The van der Waals surface area contributed by atoms with Crippen LogP contribution >= 0.6 is 11.8 Å². The highest BCUT2D eigenvalue weighted by Crippen LogP contribution is 2.48. The molecule has 2 aromatic carbocycles. The van der Waals surface area contributed by atoms with Crippen LogP contribution in [0.2, 0.25) is 0 Å². The first kappa shape index (κ1) is 26.1. The predicted molar refractivity (Wildman–Crippen MR) is 168 cm³/mol. The van der Waals surface area contributed by atoms with Gasteiger partial charge in [-0.3, -0.25) is 0 Å². The minimum absolute atomic E-state index is 0.595. The number of rotatable bonds is 7. The molecule has 4 aromatic rings. The first-order valence-electron chi connectivity index (χ1n) is 13.6. The molecule has 40 heavy (non-hydrogen) atoms. The summed E-state index contributed by atoms with van der Waals surface area (Å²) in [5.41, 5.74) is 19.1. The van der Waals surface area contributed by atoms with Gasteiger partial charge in [0.1, 0.15) is 11.6 Å². The quantitative estimate of drug-likeness (QED) is 0.174. The third-order valence-electron chi connectivity index (χ3n) is 7.70. The van der Waals surface area contributed by atoms with Gasteiger partial charge in [0.25, 0.3) is 0 Å². The lowest BCUT2D eigenvalue weighted by atomic mass is 10.0. The van der Waals surface area contributed by atoms with Gasteiger partial charge >= 0.3 is 0 Å². The van der Waals surface area contributed by atoms with Crippen molar-refractivity contribution in [1.29, 1.82) is 5.41 Å². The number of nitrogens with one attached hydrogen (secondary N) is 1. The number of fused-ring (bicyclic) bond motifs is 2. The van der Waals surface area contributed by atoms with Crippen molar-refractivity contribution < 1.29 is 0 Å². The van der Waals surface area contributed by atoms with Crippen LogP contribution in [-0.4, -0.2) is 47.3 Å². The van der Waals surface area contributed by atoms with Gasteiger partial charge in [0, 0.05) is 59.8 Å². The summed E-state index contributed by atoms with van der Waals surface area (Å²) < 4.78 is 0. The summed E-state index contributed by atoms with van der Waals surface area (Å²) in [6, 6.07) is 16.2. The minimum Gasteiger partial charge on any atom is -0.398 e. The molecule has 1 fully saturated rings. The molecule has 6 rings (SSSR count). The van der Waals surface area contributed by atoms with E-state index in [1.54, 1.807) is 17.8 Å². The summed E-state index contributed by atoms with van der Waals surface area (Å²) >= 11 is 1.70. The molecule has 0 aliphatic carbocycles.